The van der Waals surface area contributed by atoms with Crippen LogP contribution in [0.4, 0.5) is 5.69 Å². The van der Waals surface area contributed by atoms with Gasteiger partial charge >= 0.3 is 0 Å². The first kappa shape index (κ1) is 16.2. The molecule has 1 heterocycles. The van der Waals surface area contributed by atoms with Crippen molar-refractivity contribution in [2.75, 3.05) is 5.32 Å². The molecule has 0 fully saturated rings. The summed E-state index contributed by atoms with van der Waals surface area (Å²) in [5.41, 5.74) is 2.32. The van der Waals surface area contributed by atoms with E-state index in [2.05, 4.69) is 15.3 Å². The molecule has 0 aliphatic rings. The zero-order valence-corrected chi connectivity index (χ0v) is 14.5. The Morgan fingerprint density at radius 1 is 1.26 bits per heavy atom. The van der Waals surface area contributed by atoms with Gasteiger partial charge in [0.2, 0.25) is 5.91 Å². The summed E-state index contributed by atoms with van der Waals surface area (Å²) in [5, 5.41) is 4.11. The van der Waals surface area contributed by atoms with Gasteiger partial charge in [-0.25, -0.2) is 4.98 Å². The molecule has 23 heavy (non-hydrogen) atoms. The van der Waals surface area contributed by atoms with Crippen LogP contribution in [0.5, 0.6) is 0 Å². The number of imidazole rings is 1. The lowest BCUT2D eigenvalue weighted by molar-refractivity contribution is -0.115. The Morgan fingerprint density at radius 3 is 2.83 bits per heavy atom. The number of aromatic amines is 1. The maximum atomic E-state index is 12.3. The molecule has 2 N–H and O–H groups in total. The Labute approximate surface area is 147 Å². The molecular weight excluding hydrogens is 353 g/mol. The predicted octanol–water partition coefficient (Wildman–Crippen LogP) is 4.99. The van der Waals surface area contributed by atoms with Crippen molar-refractivity contribution in [2.45, 2.75) is 17.3 Å². The van der Waals surface area contributed by atoms with Gasteiger partial charge < -0.3 is 10.3 Å². The van der Waals surface area contributed by atoms with E-state index in [0.29, 0.717) is 20.9 Å². The predicted molar refractivity (Wildman–Crippen MR) is 96.5 cm³/mol. The number of carbonyl (C=O) groups is 1. The lowest BCUT2D eigenvalue weighted by Gasteiger charge is -2.12. The van der Waals surface area contributed by atoms with E-state index in [9.17, 15) is 4.79 Å². The Hall–Kier alpha value is -1.69. The average molecular weight is 366 g/mol. The molecule has 0 aliphatic heterocycles. The number of rotatable bonds is 4. The summed E-state index contributed by atoms with van der Waals surface area (Å²) >= 11 is 13.3. The molecule has 4 nitrogen and oxygen atoms in total. The highest BCUT2D eigenvalue weighted by Gasteiger charge is 2.17. The van der Waals surface area contributed by atoms with E-state index in [1.54, 1.807) is 18.2 Å². The maximum Gasteiger partial charge on any atom is 0.237 e. The largest absolute Gasteiger partial charge is 0.333 e. The number of thioether (sulfide) groups is 1. The van der Waals surface area contributed by atoms with Gasteiger partial charge in [-0.3, -0.25) is 4.79 Å². The summed E-state index contributed by atoms with van der Waals surface area (Å²) in [6.45, 7) is 1.81. The van der Waals surface area contributed by atoms with E-state index >= 15 is 0 Å². The van der Waals surface area contributed by atoms with Crippen LogP contribution in [0.2, 0.25) is 10.0 Å². The van der Waals surface area contributed by atoms with E-state index in [4.69, 9.17) is 23.2 Å². The summed E-state index contributed by atoms with van der Waals surface area (Å²) in [6, 6.07) is 12.7. The van der Waals surface area contributed by atoms with Gasteiger partial charge in [0, 0.05) is 5.02 Å². The smallest absolute Gasteiger partial charge is 0.237 e. The molecule has 2 aromatic carbocycles. The number of aromatic nitrogens is 2. The molecule has 1 amide bonds. The van der Waals surface area contributed by atoms with Gasteiger partial charge in [-0.15, -0.1) is 0 Å². The van der Waals surface area contributed by atoms with E-state index in [1.165, 1.54) is 11.8 Å². The number of amides is 1. The number of H-pyrrole nitrogens is 1. The number of halogens is 2. The third kappa shape index (κ3) is 3.80. The fourth-order valence-electron chi connectivity index (χ4n) is 2.03. The van der Waals surface area contributed by atoms with Crippen molar-refractivity contribution < 1.29 is 4.79 Å². The van der Waals surface area contributed by atoms with Crippen LogP contribution in [-0.4, -0.2) is 21.1 Å². The number of benzene rings is 2. The number of para-hydroxylation sites is 2. The molecule has 0 saturated heterocycles. The second-order valence-electron chi connectivity index (χ2n) is 4.93. The lowest BCUT2D eigenvalue weighted by Crippen LogP contribution is -2.22. The molecule has 0 radical (unpaired) electrons. The van der Waals surface area contributed by atoms with E-state index in [1.807, 2.05) is 31.2 Å². The Morgan fingerprint density at radius 2 is 2.04 bits per heavy atom. The Kier molecular flexibility index (Phi) is 4.80. The Bertz CT molecular complexity index is 832. The average Bonchev–Trinajstić information content (AvgIpc) is 2.93. The number of hydrogen-bond donors (Lipinski definition) is 2. The first-order valence-electron chi connectivity index (χ1n) is 6.90. The van der Waals surface area contributed by atoms with Crippen LogP contribution in [-0.2, 0) is 4.79 Å². The van der Waals surface area contributed by atoms with Gasteiger partial charge in [0.15, 0.2) is 5.16 Å². The number of fused-ring (bicyclic) bond motifs is 1. The van der Waals surface area contributed by atoms with Crippen LogP contribution in [0.3, 0.4) is 0 Å². The first-order valence-corrected chi connectivity index (χ1v) is 8.54. The standard InChI is InChI=1S/C16H13Cl2N3OS/c1-9(15(22)19-14-8-10(17)6-7-11(14)18)23-16-20-12-4-2-3-5-13(12)21-16/h2-9H,1H3,(H,19,22)(H,20,21)/t9-/m0/s1. The fraction of sp³-hybridized carbons (Fsp3) is 0.125. The van der Waals surface area contributed by atoms with Crippen molar-refractivity contribution in [3.63, 3.8) is 0 Å². The highest BCUT2D eigenvalue weighted by atomic mass is 35.5. The normalized spacial score (nSPS) is 12.3. The third-order valence-electron chi connectivity index (χ3n) is 3.21. The number of nitrogens with zero attached hydrogens (tertiary/aromatic N) is 1. The first-order chi connectivity index (χ1) is 11.0. The topological polar surface area (TPSA) is 57.8 Å². The summed E-state index contributed by atoms with van der Waals surface area (Å²) in [6.07, 6.45) is 0. The van der Waals surface area contributed by atoms with Crippen LogP contribution in [0, 0.1) is 0 Å². The summed E-state index contributed by atoms with van der Waals surface area (Å²) in [4.78, 5) is 20.0. The van der Waals surface area contributed by atoms with Crippen molar-refractivity contribution in [1.29, 1.82) is 0 Å². The second kappa shape index (κ2) is 6.83. The van der Waals surface area contributed by atoms with Crippen molar-refractivity contribution in [1.82, 2.24) is 9.97 Å². The quantitative estimate of drug-likeness (QED) is 0.640. The molecule has 0 unspecified atom stereocenters. The molecule has 0 bridgehead atoms. The van der Waals surface area contributed by atoms with Gasteiger partial charge in [0.1, 0.15) is 0 Å². The number of nitrogens with one attached hydrogen (secondary N) is 2. The molecule has 3 aromatic rings. The number of carbonyl (C=O) groups excluding carboxylic acids is 1. The van der Waals surface area contributed by atoms with Crippen molar-refractivity contribution in [3.8, 4) is 0 Å². The number of hydrogen-bond acceptors (Lipinski definition) is 3. The molecule has 3 rings (SSSR count). The number of anilines is 1. The van der Waals surface area contributed by atoms with E-state index in [-0.39, 0.29) is 11.2 Å². The molecule has 0 saturated carbocycles. The van der Waals surface area contributed by atoms with Gasteiger partial charge in [-0.1, -0.05) is 47.1 Å². The van der Waals surface area contributed by atoms with Crippen molar-refractivity contribution in [2.24, 2.45) is 0 Å². The zero-order valence-electron chi connectivity index (χ0n) is 12.1. The SMILES string of the molecule is C[C@H](Sc1nc2ccccc2[nH]1)C(=O)Nc1cc(Cl)ccc1Cl. The van der Waals surface area contributed by atoms with E-state index < -0.39 is 0 Å². The van der Waals surface area contributed by atoms with E-state index in [0.717, 1.165) is 11.0 Å². The van der Waals surface area contributed by atoms with Gasteiger partial charge in [0.05, 0.1) is 27.0 Å². The summed E-state index contributed by atoms with van der Waals surface area (Å²) < 4.78 is 0. The molecule has 0 spiro atoms. The van der Waals surface area contributed by atoms with Crippen LogP contribution in [0.15, 0.2) is 47.6 Å². The Balaban J connectivity index is 1.71. The minimum atomic E-state index is -0.342. The molecule has 0 aliphatic carbocycles. The molecule has 7 heteroatoms. The molecule has 1 atom stereocenters. The fourth-order valence-corrected chi connectivity index (χ4v) is 3.19. The minimum Gasteiger partial charge on any atom is -0.333 e. The third-order valence-corrected chi connectivity index (χ3v) is 4.76. The highest BCUT2D eigenvalue weighted by Crippen LogP contribution is 2.28. The summed E-state index contributed by atoms with van der Waals surface area (Å²) in [5.74, 6) is -0.167. The van der Waals surface area contributed by atoms with Crippen LogP contribution >= 0.6 is 35.0 Å². The highest BCUT2D eigenvalue weighted by molar-refractivity contribution is 8.00. The van der Waals surface area contributed by atoms with Crippen molar-refractivity contribution in [3.05, 3.63) is 52.5 Å². The monoisotopic (exact) mass is 365 g/mol. The molecular formula is C16H13Cl2N3OS. The van der Waals surface area contributed by atoms with Crippen molar-refractivity contribution >= 4 is 57.6 Å². The maximum absolute atomic E-state index is 12.3. The minimum absolute atomic E-state index is 0.167. The van der Waals surface area contributed by atoms with Crippen LogP contribution in [0.1, 0.15) is 6.92 Å². The zero-order chi connectivity index (χ0) is 16.4. The van der Waals surface area contributed by atoms with Crippen LogP contribution < -0.4 is 5.32 Å². The molecule has 118 valence electrons. The summed E-state index contributed by atoms with van der Waals surface area (Å²) in [7, 11) is 0. The van der Waals surface area contributed by atoms with Gasteiger partial charge in [-0.2, -0.15) is 0 Å². The molecule has 1 aromatic heterocycles. The lowest BCUT2D eigenvalue weighted by atomic mass is 10.3. The van der Waals surface area contributed by atoms with Gasteiger partial charge in [0.25, 0.3) is 0 Å². The second-order valence-corrected chi connectivity index (χ2v) is 7.11. The van der Waals surface area contributed by atoms with Gasteiger partial charge in [-0.05, 0) is 37.3 Å². The van der Waals surface area contributed by atoms with Crippen LogP contribution in [0.25, 0.3) is 11.0 Å².